The molecule has 0 aliphatic rings. The van der Waals surface area contributed by atoms with Crippen LogP contribution in [0.5, 0.6) is 0 Å². The van der Waals surface area contributed by atoms with Gasteiger partial charge < -0.3 is 10.1 Å². The maximum atomic E-state index is 12.0. The molecule has 1 N–H and O–H groups in total. The first kappa shape index (κ1) is 14.7. The third-order valence-electron chi connectivity index (χ3n) is 2.74. The summed E-state index contributed by atoms with van der Waals surface area (Å²) in [6.07, 6.45) is 5.40. The van der Waals surface area contributed by atoms with Gasteiger partial charge in [0.25, 0.3) is 0 Å². The SMILES string of the molecule is COCn1cc(NC(=O)C(C)n2cc([N+](=O)[O-])cn2)cn1. The molecule has 1 unspecified atom stereocenters. The number of amides is 1. The monoisotopic (exact) mass is 294 g/mol. The van der Waals surface area contributed by atoms with Gasteiger partial charge in [-0.3, -0.25) is 19.6 Å². The van der Waals surface area contributed by atoms with Gasteiger partial charge in [0.2, 0.25) is 5.91 Å². The lowest BCUT2D eigenvalue weighted by Crippen LogP contribution is -2.23. The minimum Gasteiger partial charge on any atom is -0.362 e. The number of nitrogens with one attached hydrogen (secondary N) is 1. The summed E-state index contributed by atoms with van der Waals surface area (Å²) in [5.41, 5.74) is 0.341. The predicted molar refractivity (Wildman–Crippen MR) is 71.5 cm³/mol. The molecule has 0 spiro atoms. The molecule has 2 heterocycles. The lowest BCUT2D eigenvalue weighted by atomic mass is 10.3. The number of methoxy groups -OCH3 is 1. The summed E-state index contributed by atoms with van der Waals surface area (Å²) in [6.45, 7) is 1.86. The topological polar surface area (TPSA) is 117 Å². The van der Waals surface area contributed by atoms with Gasteiger partial charge in [-0.15, -0.1) is 0 Å². The van der Waals surface area contributed by atoms with Gasteiger partial charge in [0.15, 0.2) is 0 Å². The summed E-state index contributed by atoms with van der Waals surface area (Å²) >= 11 is 0. The van der Waals surface area contributed by atoms with Crippen LogP contribution < -0.4 is 5.32 Å². The average molecular weight is 294 g/mol. The van der Waals surface area contributed by atoms with E-state index in [-0.39, 0.29) is 18.3 Å². The van der Waals surface area contributed by atoms with Gasteiger partial charge in [-0.2, -0.15) is 10.2 Å². The first-order valence-electron chi connectivity index (χ1n) is 6.02. The molecule has 1 amide bonds. The van der Waals surface area contributed by atoms with Crippen LogP contribution in [-0.4, -0.2) is 37.5 Å². The number of anilines is 1. The molecule has 112 valence electrons. The molecule has 0 aliphatic heterocycles. The molecule has 0 bridgehead atoms. The number of carbonyl (C=O) groups is 1. The van der Waals surface area contributed by atoms with Gasteiger partial charge >= 0.3 is 5.69 Å². The minimum absolute atomic E-state index is 0.164. The summed E-state index contributed by atoms with van der Waals surface area (Å²) in [5, 5.41) is 21.0. The van der Waals surface area contributed by atoms with Crippen molar-refractivity contribution in [2.45, 2.75) is 19.7 Å². The fraction of sp³-hybridized carbons (Fsp3) is 0.364. The standard InChI is InChI=1S/C11H14N6O4/c1-8(16-6-10(4-13-16)17(19)20)11(18)14-9-3-12-15(5-9)7-21-2/h3-6,8H,7H2,1-2H3,(H,14,18). The Labute approximate surface area is 119 Å². The smallest absolute Gasteiger partial charge is 0.307 e. The second-order valence-corrected chi connectivity index (χ2v) is 4.29. The largest absolute Gasteiger partial charge is 0.362 e. The van der Waals surface area contributed by atoms with Crippen LogP contribution in [-0.2, 0) is 16.3 Å². The number of nitrogens with zero attached hydrogens (tertiary/aromatic N) is 5. The summed E-state index contributed by atoms with van der Waals surface area (Å²) in [6, 6.07) is -0.690. The van der Waals surface area contributed by atoms with E-state index in [1.54, 1.807) is 13.1 Å². The number of nitro groups is 1. The third kappa shape index (κ3) is 3.42. The van der Waals surface area contributed by atoms with Crippen LogP contribution in [0.2, 0.25) is 0 Å². The normalized spacial score (nSPS) is 12.1. The van der Waals surface area contributed by atoms with Crippen LogP contribution in [0.1, 0.15) is 13.0 Å². The fourth-order valence-corrected chi connectivity index (χ4v) is 1.63. The van der Waals surface area contributed by atoms with Crippen molar-refractivity contribution < 1.29 is 14.5 Å². The quantitative estimate of drug-likeness (QED) is 0.621. The van der Waals surface area contributed by atoms with E-state index in [9.17, 15) is 14.9 Å². The molecule has 0 radical (unpaired) electrons. The van der Waals surface area contributed by atoms with Gasteiger partial charge in [0, 0.05) is 7.11 Å². The van der Waals surface area contributed by atoms with Gasteiger partial charge in [0.1, 0.15) is 25.2 Å². The molecule has 0 fully saturated rings. The summed E-state index contributed by atoms with van der Waals surface area (Å²) in [5.74, 6) is -0.357. The third-order valence-corrected chi connectivity index (χ3v) is 2.74. The highest BCUT2D eigenvalue weighted by Gasteiger charge is 2.19. The maximum absolute atomic E-state index is 12.0. The minimum atomic E-state index is -0.690. The molecule has 0 aromatic carbocycles. The molecule has 0 saturated carbocycles. The van der Waals surface area contributed by atoms with Crippen molar-refractivity contribution >= 4 is 17.3 Å². The highest BCUT2D eigenvalue weighted by atomic mass is 16.6. The van der Waals surface area contributed by atoms with Gasteiger partial charge in [-0.1, -0.05) is 0 Å². The first-order valence-corrected chi connectivity index (χ1v) is 6.02. The van der Waals surface area contributed by atoms with Crippen LogP contribution in [0.4, 0.5) is 11.4 Å². The van der Waals surface area contributed by atoms with E-state index in [1.807, 2.05) is 0 Å². The number of aromatic nitrogens is 4. The van der Waals surface area contributed by atoms with E-state index in [1.165, 1.54) is 28.9 Å². The van der Waals surface area contributed by atoms with Crippen molar-refractivity contribution in [1.82, 2.24) is 19.6 Å². The van der Waals surface area contributed by atoms with Crippen molar-refractivity contribution in [2.24, 2.45) is 0 Å². The first-order chi connectivity index (χ1) is 10.0. The van der Waals surface area contributed by atoms with Crippen molar-refractivity contribution in [3.8, 4) is 0 Å². The summed E-state index contributed by atoms with van der Waals surface area (Å²) in [7, 11) is 1.53. The van der Waals surface area contributed by atoms with Crippen molar-refractivity contribution in [3.63, 3.8) is 0 Å². The van der Waals surface area contributed by atoms with E-state index in [0.717, 1.165) is 6.20 Å². The Morgan fingerprint density at radius 2 is 2.24 bits per heavy atom. The molecule has 10 nitrogen and oxygen atoms in total. The Kier molecular flexibility index (Phi) is 4.28. The Morgan fingerprint density at radius 1 is 1.48 bits per heavy atom. The lowest BCUT2D eigenvalue weighted by molar-refractivity contribution is -0.385. The highest BCUT2D eigenvalue weighted by Crippen LogP contribution is 2.15. The Bertz CT molecular complexity index is 649. The van der Waals surface area contributed by atoms with Gasteiger partial charge in [-0.25, -0.2) is 4.68 Å². The molecule has 21 heavy (non-hydrogen) atoms. The predicted octanol–water partition coefficient (Wildman–Crippen LogP) is 0.791. The molecule has 1 atom stereocenters. The van der Waals surface area contributed by atoms with Gasteiger partial charge in [-0.05, 0) is 6.92 Å². The summed E-state index contributed by atoms with van der Waals surface area (Å²) < 4.78 is 7.64. The van der Waals surface area contributed by atoms with Crippen LogP contribution in [0, 0.1) is 10.1 Å². The number of carbonyl (C=O) groups excluding carboxylic acids is 1. The van der Waals surface area contributed by atoms with E-state index >= 15 is 0 Å². The van der Waals surface area contributed by atoms with Crippen LogP contribution in [0.15, 0.2) is 24.8 Å². The number of hydrogen-bond donors (Lipinski definition) is 1. The molecule has 0 aliphatic carbocycles. The summed E-state index contributed by atoms with van der Waals surface area (Å²) in [4.78, 5) is 22.1. The highest BCUT2D eigenvalue weighted by molar-refractivity contribution is 5.93. The van der Waals surface area contributed by atoms with Gasteiger partial charge in [0.05, 0.1) is 23.0 Å². The second-order valence-electron chi connectivity index (χ2n) is 4.29. The number of ether oxygens (including phenoxy) is 1. The van der Waals surface area contributed by atoms with E-state index < -0.39 is 11.0 Å². The van der Waals surface area contributed by atoms with Crippen molar-refractivity contribution in [2.75, 3.05) is 12.4 Å². The molecule has 2 aromatic heterocycles. The second kappa shape index (κ2) is 6.13. The van der Waals surface area contributed by atoms with Crippen LogP contribution >= 0.6 is 0 Å². The molecule has 2 aromatic rings. The Balaban J connectivity index is 2.02. The fourth-order valence-electron chi connectivity index (χ4n) is 1.63. The maximum Gasteiger partial charge on any atom is 0.307 e. The molecular formula is C11H14N6O4. The van der Waals surface area contributed by atoms with Crippen LogP contribution in [0.3, 0.4) is 0 Å². The average Bonchev–Trinajstić information content (AvgIpc) is 3.07. The number of rotatable bonds is 6. The zero-order chi connectivity index (χ0) is 15.4. The van der Waals surface area contributed by atoms with Crippen LogP contribution in [0.25, 0.3) is 0 Å². The van der Waals surface area contributed by atoms with E-state index in [0.29, 0.717) is 5.69 Å². The van der Waals surface area contributed by atoms with Crippen molar-refractivity contribution in [3.05, 3.63) is 34.9 Å². The molecular weight excluding hydrogens is 280 g/mol. The van der Waals surface area contributed by atoms with E-state index in [2.05, 4.69) is 15.5 Å². The Hall–Kier alpha value is -2.75. The zero-order valence-electron chi connectivity index (χ0n) is 11.5. The van der Waals surface area contributed by atoms with E-state index in [4.69, 9.17) is 4.74 Å². The number of hydrogen-bond acceptors (Lipinski definition) is 6. The molecule has 10 heteroatoms. The Morgan fingerprint density at radius 3 is 2.86 bits per heavy atom. The lowest BCUT2D eigenvalue weighted by Gasteiger charge is -2.10. The molecule has 0 saturated heterocycles. The van der Waals surface area contributed by atoms with Crippen molar-refractivity contribution in [1.29, 1.82) is 0 Å². The molecule has 2 rings (SSSR count). The zero-order valence-corrected chi connectivity index (χ0v) is 11.5.